The fourth-order valence-electron chi connectivity index (χ4n) is 2.20. The quantitative estimate of drug-likeness (QED) is 0.905. The first-order valence-corrected chi connectivity index (χ1v) is 6.94. The molecule has 0 aliphatic heterocycles. The van der Waals surface area contributed by atoms with E-state index in [2.05, 4.69) is 15.3 Å². The number of carbonyl (C=O) groups is 1. The van der Waals surface area contributed by atoms with E-state index in [0.717, 1.165) is 16.8 Å². The molecule has 20 heavy (non-hydrogen) atoms. The smallest absolute Gasteiger partial charge is 0.220 e. The van der Waals surface area contributed by atoms with Crippen LogP contribution in [-0.4, -0.2) is 15.9 Å². The van der Waals surface area contributed by atoms with Crippen molar-refractivity contribution in [2.45, 2.75) is 25.8 Å². The summed E-state index contributed by atoms with van der Waals surface area (Å²) in [5, 5.41) is 2.99. The fraction of sp³-hybridized carbons (Fsp3) is 0.312. The Labute approximate surface area is 118 Å². The second kappa shape index (κ2) is 5.82. The molecule has 0 spiro atoms. The average molecular weight is 267 g/mol. The van der Waals surface area contributed by atoms with Crippen molar-refractivity contribution in [3.63, 3.8) is 0 Å². The van der Waals surface area contributed by atoms with Gasteiger partial charge in [-0.15, -0.1) is 0 Å². The molecule has 102 valence electrons. The summed E-state index contributed by atoms with van der Waals surface area (Å²) in [5.74, 6) is 0.751. The summed E-state index contributed by atoms with van der Waals surface area (Å²) in [4.78, 5) is 20.2. The molecule has 2 aromatic rings. The number of amides is 1. The van der Waals surface area contributed by atoms with Gasteiger partial charge >= 0.3 is 0 Å². The molecule has 4 nitrogen and oxygen atoms in total. The summed E-state index contributed by atoms with van der Waals surface area (Å²) in [6, 6.07) is 7.75. The topological polar surface area (TPSA) is 54.9 Å². The Morgan fingerprint density at radius 3 is 2.75 bits per heavy atom. The van der Waals surface area contributed by atoms with Gasteiger partial charge < -0.3 is 5.32 Å². The van der Waals surface area contributed by atoms with Gasteiger partial charge in [0, 0.05) is 37.1 Å². The molecular formula is C16H17N3O. The van der Waals surface area contributed by atoms with Gasteiger partial charge in [0.05, 0.1) is 5.69 Å². The minimum Gasteiger partial charge on any atom is -0.352 e. The Bertz CT molecular complexity index is 594. The Morgan fingerprint density at radius 1 is 1.20 bits per heavy atom. The minimum atomic E-state index is 0.136. The molecule has 2 aromatic heterocycles. The molecule has 1 aliphatic carbocycles. The van der Waals surface area contributed by atoms with Gasteiger partial charge in [0.15, 0.2) is 0 Å². The van der Waals surface area contributed by atoms with Crippen molar-refractivity contribution < 1.29 is 4.79 Å². The third-order valence-electron chi connectivity index (χ3n) is 3.49. The van der Waals surface area contributed by atoms with Crippen molar-refractivity contribution in [2.75, 3.05) is 0 Å². The van der Waals surface area contributed by atoms with Crippen molar-refractivity contribution >= 4 is 5.91 Å². The minimum absolute atomic E-state index is 0.136. The molecular weight excluding hydrogens is 250 g/mol. The predicted octanol–water partition coefficient (Wildman–Crippen LogP) is 2.56. The second-order valence-corrected chi connectivity index (χ2v) is 5.17. The van der Waals surface area contributed by atoms with E-state index in [1.807, 2.05) is 24.3 Å². The third kappa shape index (κ3) is 3.20. The van der Waals surface area contributed by atoms with Crippen LogP contribution in [0.5, 0.6) is 0 Å². The Balaban J connectivity index is 1.71. The number of aromatic nitrogens is 2. The molecule has 1 aliphatic rings. The second-order valence-electron chi connectivity index (χ2n) is 5.17. The molecule has 0 aromatic carbocycles. The molecule has 0 saturated heterocycles. The monoisotopic (exact) mass is 267 g/mol. The molecule has 1 fully saturated rings. The fourth-order valence-corrected chi connectivity index (χ4v) is 2.20. The van der Waals surface area contributed by atoms with Gasteiger partial charge in [0.25, 0.3) is 0 Å². The number of pyridine rings is 2. The lowest BCUT2D eigenvalue weighted by molar-refractivity contribution is -0.121. The maximum absolute atomic E-state index is 11.8. The lowest BCUT2D eigenvalue weighted by Gasteiger charge is -2.09. The van der Waals surface area contributed by atoms with E-state index >= 15 is 0 Å². The molecule has 1 saturated carbocycles. The van der Waals surface area contributed by atoms with Gasteiger partial charge in [-0.05, 0) is 42.5 Å². The highest BCUT2D eigenvalue weighted by Crippen LogP contribution is 2.32. The van der Waals surface area contributed by atoms with Crippen LogP contribution in [0.3, 0.4) is 0 Å². The molecule has 1 amide bonds. The summed E-state index contributed by atoms with van der Waals surface area (Å²) in [5.41, 5.74) is 2.96. The van der Waals surface area contributed by atoms with Gasteiger partial charge in [0.2, 0.25) is 5.91 Å². The zero-order valence-corrected chi connectivity index (χ0v) is 11.2. The van der Waals surface area contributed by atoms with Crippen LogP contribution in [-0.2, 0) is 11.3 Å². The van der Waals surface area contributed by atoms with Crippen LogP contribution in [0, 0.1) is 5.92 Å². The van der Waals surface area contributed by atoms with Crippen molar-refractivity contribution in [1.82, 2.24) is 15.3 Å². The van der Waals surface area contributed by atoms with Crippen molar-refractivity contribution in [3.8, 4) is 11.3 Å². The highest BCUT2D eigenvalue weighted by atomic mass is 16.1. The van der Waals surface area contributed by atoms with Crippen LogP contribution in [0.1, 0.15) is 24.8 Å². The molecule has 1 N–H and O–H groups in total. The third-order valence-corrected chi connectivity index (χ3v) is 3.49. The first kappa shape index (κ1) is 12.8. The summed E-state index contributed by atoms with van der Waals surface area (Å²) < 4.78 is 0. The lowest BCUT2D eigenvalue weighted by atomic mass is 10.1. The van der Waals surface area contributed by atoms with Crippen LogP contribution in [0.2, 0.25) is 0 Å². The van der Waals surface area contributed by atoms with Gasteiger partial charge in [-0.1, -0.05) is 6.07 Å². The van der Waals surface area contributed by atoms with Crippen LogP contribution in [0.15, 0.2) is 42.9 Å². The Kier molecular flexibility index (Phi) is 3.72. The van der Waals surface area contributed by atoms with Gasteiger partial charge in [-0.3, -0.25) is 14.8 Å². The van der Waals surface area contributed by atoms with Crippen LogP contribution in [0.4, 0.5) is 0 Å². The highest BCUT2D eigenvalue weighted by Gasteiger charge is 2.24. The van der Waals surface area contributed by atoms with Crippen LogP contribution < -0.4 is 5.32 Å². The van der Waals surface area contributed by atoms with E-state index in [1.54, 1.807) is 18.6 Å². The number of carbonyl (C=O) groups excluding carboxylic acids is 1. The van der Waals surface area contributed by atoms with Crippen molar-refractivity contribution in [2.24, 2.45) is 5.92 Å². The van der Waals surface area contributed by atoms with Crippen LogP contribution in [0.25, 0.3) is 11.3 Å². The molecule has 4 heteroatoms. The van der Waals surface area contributed by atoms with E-state index in [-0.39, 0.29) is 5.91 Å². The number of rotatable bonds is 5. The summed E-state index contributed by atoms with van der Waals surface area (Å²) in [6.45, 7) is 0.525. The number of hydrogen-bond donors (Lipinski definition) is 1. The Morgan fingerprint density at radius 2 is 2.00 bits per heavy atom. The SMILES string of the molecule is O=C(CC1CC1)NCc1cccnc1-c1ccncc1. The maximum Gasteiger partial charge on any atom is 0.220 e. The van der Waals surface area contributed by atoms with E-state index in [9.17, 15) is 4.79 Å². The number of hydrogen-bond acceptors (Lipinski definition) is 3. The van der Waals surface area contributed by atoms with Gasteiger partial charge in [-0.25, -0.2) is 0 Å². The normalized spacial score (nSPS) is 14.0. The first-order chi connectivity index (χ1) is 9.83. The molecule has 0 radical (unpaired) electrons. The maximum atomic E-state index is 11.8. The molecule has 0 unspecified atom stereocenters. The zero-order valence-electron chi connectivity index (χ0n) is 11.2. The van der Waals surface area contributed by atoms with Gasteiger partial charge in [-0.2, -0.15) is 0 Å². The molecule has 3 rings (SSSR count). The first-order valence-electron chi connectivity index (χ1n) is 6.94. The zero-order chi connectivity index (χ0) is 13.8. The van der Waals surface area contributed by atoms with Gasteiger partial charge in [0.1, 0.15) is 0 Å². The number of nitrogens with one attached hydrogen (secondary N) is 1. The molecule has 2 heterocycles. The largest absolute Gasteiger partial charge is 0.352 e. The summed E-state index contributed by atoms with van der Waals surface area (Å²) >= 11 is 0. The standard InChI is InChI=1S/C16H17N3O/c20-15(10-12-3-4-12)19-11-14-2-1-7-18-16(14)13-5-8-17-9-6-13/h1-2,5-9,12H,3-4,10-11H2,(H,19,20). The van der Waals surface area contributed by atoms with E-state index < -0.39 is 0 Å². The van der Waals surface area contributed by atoms with Crippen molar-refractivity contribution in [3.05, 3.63) is 48.4 Å². The van der Waals surface area contributed by atoms with Crippen LogP contribution >= 0.6 is 0 Å². The van der Waals surface area contributed by atoms with Crippen molar-refractivity contribution in [1.29, 1.82) is 0 Å². The van der Waals surface area contributed by atoms with E-state index in [0.29, 0.717) is 18.9 Å². The summed E-state index contributed by atoms with van der Waals surface area (Å²) in [7, 11) is 0. The predicted molar refractivity (Wildman–Crippen MR) is 76.7 cm³/mol. The van der Waals surface area contributed by atoms with E-state index in [4.69, 9.17) is 0 Å². The number of nitrogens with zero attached hydrogens (tertiary/aromatic N) is 2. The van der Waals surface area contributed by atoms with E-state index in [1.165, 1.54) is 12.8 Å². The highest BCUT2D eigenvalue weighted by molar-refractivity contribution is 5.76. The molecule has 0 bridgehead atoms. The summed E-state index contributed by atoms with van der Waals surface area (Å²) in [6.07, 6.45) is 8.32. The average Bonchev–Trinajstić information content (AvgIpc) is 3.30. The Hall–Kier alpha value is -2.23. The molecule has 0 atom stereocenters. The lowest BCUT2D eigenvalue weighted by Crippen LogP contribution is -2.23.